The Morgan fingerprint density at radius 2 is 2.11 bits per heavy atom. The summed E-state index contributed by atoms with van der Waals surface area (Å²) in [6.07, 6.45) is 2.08. The third-order valence-corrected chi connectivity index (χ3v) is 3.88. The van der Waals surface area contributed by atoms with Crippen LogP contribution in [0.3, 0.4) is 0 Å². The fourth-order valence-electron chi connectivity index (χ4n) is 2.83. The van der Waals surface area contributed by atoms with Crippen molar-refractivity contribution in [1.82, 2.24) is 5.32 Å². The SMILES string of the molecule is CCc1cccc(C2NCCc3ccc(O)cc32)c1. The van der Waals surface area contributed by atoms with Gasteiger partial charge in [-0.2, -0.15) is 0 Å². The second-order valence-electron chi connectivity index (χ2n) is 5.12. The van der Waals surface area contributed by atoms with Crippen LogP contribution in [0.4, 0.5) is 0 Å². The predicted molar refractivity (Wildman–Crippen MR) is 77.5 cm³/mol. The quantitative estimate of drug-likeness (QED) is 0.861. The Balaban J connectivity index is 2.05. The van der Waals surface area contributed by atoms with E-state index in [4.69, 9.17) is 0 Å². The third kappa shape index (κ3) is 2.36. The summed E-state index contributed by atoms with van der Waals surface area (Å²) in [5.41, 5.74) is 5.18. The lowest BCUT2D eigenvalue weighted by molar-refractivity contribution is 0.470. The minimum atomic E-state index is 0.197. The maximum Gasteiger partial charge on any atom is 0.115 e. The maximum atomic E-state index is 9.73. The van der Waals surface area contributed by atoms with Crippen molar-refractivity contribution < 1.29 is 5.11 Å². The van der Waals surface area contributed by atoms with Gasteiger partial charge in [0.1, 0.15) is 5.75 Å². The zero-order valence-electron chi connectivity index (χ0n) is 11.2. The lowest BCUT2D eigenvalue weighted by atomic mass is 9.89. The molecule has 0 amide bonds. The van der Waals surface area contributed by atoms with Crippen LogP contribution in [0.15, 0.2) is 42.5 Å². The van der Waals surface area contributed by atoms with E-state index in [0.29, 0.717) is 5.75 Å². The standard InChI is InChI=1S/C17H19NO/c1-2-12-4-3-5-14(10-12)17-16-11-15(19)7-6-13(16)8-9-18-17/h3-7,10-11,17-19H,2,8-9H2,1H3. The fourth-order valence-corrected chi connectivity index (χ4v) is 2.83. The van der Waals surface area contributed by atoms with Gasteiger partial charge in [-0.15, -0.1) is 0 Å². The average Bonchev–Trinajstić information content (AvgIpc) is 2.46. The first-order valence-electron chi connectivity index (χ1n) is 6.92. The van der Waals surface area contributed by atoms with Crippen LogP contribution in [-0.2, 0) is 12.8 Å². The molecular formula is C17H19NO. The number of hydrogen-bond donors (Lipinski definition) is 2. The molecule has 2 heteroatoms. The highest BCUT2D eigenvalue weighted by atomic mass is 16.3. The topological polar surface area (TPSA) is 32.3 Å². The van der Waals surface area contributed by atoms with Crippen molar-refractivity contribution >= 4 is 0 Å². The van der Waals surface area contributed by atoms with E-state index in [1.807, 2.05) is 12.1 Å². The molecule has 2 aromatic rings. The summed E-state index contributed by atoms with van der Waals surface area (Å²) in [6.45, 7) is 3.16. The summed E-state index contributed by atoms with van der Waals surface area (Å²) in [5, 5.41) is 13.3. The Labute approximate surface area is 114 Å². The van der Waals surface area contributed by atoms with Gasteiger partial charge >= 0.3 is 0 Å². The van der Waals surface area contributed by atoms with Crippen molar-refractivity contribution in [3.05, 3.63) is 64.7 Å². The Morgan fingerprint density at radius 3 is 2.95 bits per heavy atom. The van der Waals surface area contributed by atoms with Crippen LogP contribution in [0.1, 0.15) is 35.2 Å². The first kappa shape index (κ1) is 12.2. The first-order valence-corrected chi connectivity index (χ1v) is 6.92. The molecule has 1 aliphatic rings. The van der Waals surface area contributed by atoms with Crippen molar-refractivity contribution in [2.75, 3.05) is 6.54 Å². The van der Waals surface area contributed by atoms with E-state index in [-0.39, 0.29) is 6.04 Å². The monoisotopic (exact) mass is 253 g/mol. The molecule has 0 spiro atoms. The first-order chi connectivity index (χ1) is 9.28. The number of phenolic OH excluding ortho intramolecular Hbond substituents is 1. The molecule has 0 aromatic heterocycles. The highest BCUT2D eigenvalue weighted by Gasteiger charge is 2.21. The maximum absolute atomic E-state index is 9.73. The molecule has 2 nitrogen and oxygen atoms in total. The van der Waals surface area contributed by atoms with E-state index in [9.17, 15) is 5.11 Å². The van der Waals surface area contributed by atoms with E-state index >= 15 is 0 Å². The number of rotatable bonds is 2. The molecule has 3 rings (SSSR count). The number of aromatic hydroxyl groups is 1. The zero-order chi connectivity index (χ0) is 13.2. The molecule has 1 aliphatic heterocycles. The average molecular weight is 253 g/mol. The normalized spacial score (nSPS) is 18.1. The fraction of sp³-hybridized carbons (Fsp3) is 0.294. The molecule has 1 atom stereocenters. The molecule has 0 fully saturated rings. The molecule has 0 aliphatic carbocycles. The minimum Gasteiger partial charge on any atom is -0.508 e. The lowest BCUT2D eigenvalue weighted by Crippen LogP contribution is -2.30. The van der Waals surface area contributed by atoms with Crippen LogP contribution < -0.4 is 5.32 Å². The largest absolute Gasteiger partial charge is 0.508 e. The molecule has 2 N–H and O–H groups in total. The van der Waals surface area contributed by atoms with Crippen LogP contribution >= 0.6 is 0 Å². The minimum absolute atomic E-state index is 0.197. The van der Waals surface area contributed by atoms with Crippen molar-refractivity contribution in [3.63, 3.8) is 0 Å². The van der Waals surface area contributed by atoms with Crippen LogP contribution in [0.25, 0.3) is 0 Å². The highest BCUT2D eigenvalue weighted by molar-refractivity contribution is 5.44. The van der Waals surface area contributed by atoms with E-state index < -0.39 is 0 Å². The molecular weight excluding hydrogens is 234 g/mol. The number of fused-ring (bicyclic) bond motifs is 1. The van der Waals surface area contributed by atoms with Gasteiger partial charge < -0.3 is 10.4 Å². The number of phenols is 1. The molecule has 0 bridgehead atoms. The van der Waals surface area contributed by atoms with Gasteiger partial charge in [-0.05, 0) is 47.2 Å². The molecule has 19 heavy (non-hydrogen) atoms. The van der Waals surface area contributed by atoms with Gasteiger partial charge in [0.15, 0.2) is 0 Å². The van der Waals surface area contributed by atoms with Crippen molar-refractivity contribution in [1.29, 1.82) is 0 Å². The highest BCUT2D eigenvalue weighted by Crippen LogP contribution is 2.31. The molecule has 2 aromatic carbocycles. The summed E-state index contributed by atoms with van der Waals surface area (Å²) in [6, 6.07) is 14.6. The molecule has 0 saturated carbocycles. The Kier molecular flexibility index (Phi) is 3.26. The summed E-state index contributed by atoms with van der Waals surface area (Å²) >= 11 is 0. The van der Waals surface area contributed by atoms with Gasteiger partial charge in [0, 0.05) is 6.54 Å². The Hall–Kier alpha value is -1.80. The van der Waals surface area contributed by atoms with Crippen molar-refractivity contribution in [3.8, 4) is 5.75 Å². The molecule has 1 unspecified atom stereocenters. The second kappa shape index (κ2) is 5.06. The van der Waals surface area contributed by atoms with E-state index in [0.717, 1.165) is 19.4 Å². The summed E-state index contributed by atoms with van der Waals surface area (Å²) in [5.74, 6) is 0.346. The number of aryl methyl sites for hydroxylation is 1. The van der Waals surface area contributed by atoms with Gasteiger partial charge in [0.05, 0.1) is 6.04 Å². The van der Waals surface area contributed by atoms with Crippen LogP contribution in [0.2, 0.25) is 0 Å². The van der Waals surface area contributed by atoms with Gasteiger partial charge in [0.2, 0.25) is 0 Å². The Morgan fingerprint density at radius 1 is 1.21 bits per heavy atom. The summed E-state index contributed by atoms with van der Waals surface area (Å²) in [7, 11) is 0. The van der Waals surface area contributed by atoms with Gasteiger partial charge in [-0.3, -0.25) is 0 Å². The van der Waals surface area contributed by atoms with Gasteiger partial charge in [-0.1, -0.05) is 37.3 Å². The van der Waals surface area contributed by atoms with Crippen molar-refractivity contribution in [2.45, 2.75) is 25.8 Å². The van der Waals surface area contributed by atoms with Gasteiger partial charge in [-0.25, -0.2) is 0 Å². The third-order valence-electron chi connectivity index (χ3n) is 3.88. The molecule has 0 saturated heterocycles. The smallest absolute Gasteiger partial charge is 0.115 e. The molecule has 1 heterocycles. The van der Waals surface area contributed by atoms with Gasteiger partial charge in [0.25, 0.3) is 0 Å². The molecule has 0 radical (unpaired) electrons. The Bertz CT molecular complexity index is 592. The summed E-state index contributed by atoms with van der Waals surface area (Å²) < 4.78 is 0. The number of benzene rings is 2. The zero-order valence-corrected chi connectivity index (χ0v) is 11.2. The van der Waals surface area contributed by atoms with Crippen LogP contribution in [0.5, 0.6) is 5.75 Å². The summed E-state index contributed by atoms with van der Waals surface area (Å²) in [4.78, 5) is 0. The lowest BCUT2D eigenvalue weighted by Gasteiger charge is -2.27. The molecule has 98 valence electrons. The number of hydrogen-bond acceptors (Lipinski definition) is 2. The van der Waals surface area contributed by atoms with E-state index in [1.54, 1.807) is 6.07 Å². The van der Waals surface area contributed by atoms with Crippen LogP contribution in [0, 0.1) is 0 Å². The van der Waals surface area contributed by atoms with Crippen molar-refractivity contribution in [2.24, 2.45) is 0 Å². The van der Waals surface area contributed by atoms with Crippen LogP contribution in [-0.4, -0.2) is 11.7 Å². The number of nitrogens with one attached hydrogen (secondary N) is 1. The van der Waals surface area contributed by atoms with E-state index in [2.05, 4.69) is 36.5 Å². The predicted octanol–water partition coefficient (Wildman–Crippen LogP) is 3.19. The second-order valence-corrected chi connectivity index (χ2v) is 5.12. The van der Waals surface area contributed by atoms with E-state index in [1.165, 1.54) is 22.3 Å².